The van der Waals surface area contributed by atoms with E-state index in [0.717, 1.165) is 5.56 Å². The lowest BCUT2D eigenvalue weighted by Gasteiger charge is -2.13. The Bertz CT molecular complexity index is 1520. The molecule has 202 valence electrons. The number of halogens is 2. The van der Waals surface area contributed by atoms with Crippen molar-refractivity contribution in [2.75, 3.05) is 38.2 Å². The maximum atomic E-state index is 14.9. The monoisotopic (exact) mass is 534 g/mol. The van der Waals surface area contributed by atoms with Crippen LogP contribution in [0.25, 0.3) is 16.9 Å². The number of benzene rings is 2. The van der Waals surface area contributed by atoms with E-state index in [1.54, 1.807) is 22.7 Å². The molecule has 4 rings (SSSR count). The van der Waals surface area contributed by atoms with Crippen LogP contribution in [0.5, 0.6) is 5.75 Å². The summed E-state index contributed by atoms with van der Waals surface area (Å²) in [5.41, 5.74) is 2.80. The Morgan fingerprint density at radius 1 is 1.15 bits per heavy atom. The highest BCUT2D eigenvalue weighted by molar-refractivity contribution is 5.96. The number of hydrogen-bond donors (Lipinski definition) is 4. The Labute approximate surface area is 224 Å². The lowest BCUT2D eigenvalue weighted by Crippen LogP contribution is -2.33. The molecule has 2 heterocycles. The first-order chi connectivity index (χ1) is 19.0. The van der Waals surface area contributed by atoms with Crippen molar-refractivity contribution < 1.29 is 23.4 Å². The van der Waals surface area contributed by atoms with Gasteiger partial charge >= 0.3 is 0 Å². The van der Waals surface area contributed by atoms with E-state index < -0.39 is 11.6 Å². The number of terminal acetylenes is 1. The van der Waals surface area contributed by atoms with Gasteiger partial charge in [-0.2, -0.15) is 4.39 Å². The first kappa shape index (κ1) is 27.5. The summed E-state index contributed by atoms with van der Waals surface area (Å²) >= 11 is 0. The number of nitrogens with one attached hydrogen (secondary N) is 3. The van der Waals surface area contributed by atoms with E-state index in [0.29, 0.717) is 54.5 Å². The summed E-state index contributed by atoms with van der Waals surface area (Å²) in [4.78, 5) is 21.4. The summed E-state index contributed by atoms with van der Waals surface area (Å²) in [5.74, 6) is -0.0608. The van der Waals surface area contributed by atoms with Crippen LogP contribution in [0, 0.1) is 24.0 Å². The van der Waals surface area contributed by atoms with Crippen molar-refractivity contribution in [1.29, 1.82) is 0 Å². The van der Waals surface area contributed by atoms with Crippen LogP contribution >= 0.6 is 0 Å². The zero-order valence-electron chi connectivity index (χ0n) is 21.3. The van der Waals surface area contributed by atoms with E-state index >= 15 is 0 Å². The molecule has 0 radical (unpaired) electrons. The number of aromatic nitrogens is 3. The van der Waals surface area contributed by atoms with Gasteiger partial charge in [-0.3, -0.25) is 9.20 Å². The lowest BCUT2D eigenvalue weighted by atomic mass is 10.0. The highest BCUT2D eigenvalue weighted by Gasteiger charge is 2.20. The number of hydrogen-bond acceptors (Lipinski definition) is 7. The van der Waals surface area contributed by atoms with Gasteiger partial charge in [0, 0.05) is 48.8 Å². The Kier molecular flexibility index (Phi) is 9.04. The number of amides is 1. The molecular formula is C28H28F2N6O3. The first-order valence-electron chi connectivity index (χ1n) is 12.3. The fourth-order valence-electron chi connectivity index (χ4n) is 4.05. The number of aliphatic hydroxyl groups is 1. The van der Waals surface area contributed by atoms with Gasteiger partial charge in [0.2, 0.25) is 5.82 Å². The summed E-state index contributed by atoms with van der Waals surface area (Å²) in [6.07, 6.45) is 10.3. The van der Waals surface area contributed by atoms with Gasteiger partial charge in [-0.15, -0.1) is 6.42 Å². The van der Waals surface area contributed by atoms with E-state index in [2.05, 4.69) is 31.8 Å². The molecule has 4 N–H and O–H groups in total. The maximum absolute atomic E-state index is 14.9. The van der Waals surface area contributed by atoms with Crippen molar-refractivity contribution in [3.8, 4) is 29.4 Å². The maximum Gasteiger partial charge on any atom is 0.251 e. The zero-order chi connectivity index (χ0) is 27.8. The van der Waals surface area contributed by atoms with Crippen LogP contribution in [0.3, 0.4) is 0 Å². The number of anilines is 2. The number of rotatable bonds is 12. The number of carbonyl (C=O) groups is 1. The van der Waals surface area contributed by atoms with E-state index in [4.69, 9.17) is 16.3 Å². The van der Waals surface area contributed by atoms with Gasteiger partial charge in [0.25, 0.3) is 5.91 Å². The third kappa shape index (κ3) is 6.14. The molecule has 0 aliphatic heterocycles. The Morgan fingerprint density at radius 3 is 2.77 bits per heavy atom. The van der Waals surface area contributed by atoms with E-state index in [1.807, 2.05) is 13.0 Å². The molecule has 11 heteroatoms. The molecule has 0 bridgehead atoms. The van der Waals surface area contributed by atoms with Crippen LogP contribution in [0.2, 0.25) is 0 Å². The molecule has 0 saturated carbocycles. The summed E-state index contributed by atoms with van der Waals surface area (Å²) in [6.45, 7) is 3.26. The van der Waals surface area contributed by atoms with Gasteiger partial charge in [-0.1, -0.05) is 12.8 Å². The fourth-order valence-corrected chi connectivity index (χ4v) is 4.05. The third-order valence-corrected chi connectivity index (χ3v) is 5.93. The van der Waals surface area contributed by atoms with Gasteiger partial charge < -0.3 is 25.8 Å². The molecule has 2 aromatic heterocycles. The summed E-state index contributed by atoms with van der Waals surface area (Å²) < 4.78 is 36.1. The van der Waals surface area contributed by atoms with Crippen LogP contribution in [0.4, 0.5) is 20.3 Å². The largest absolute Gasteiger partial charge is 0.478 e. The molecule has 0 fully saturated rings. The highest BCUT2D eigenvalue weighted by atomic mass is 19.2. The van der Waals surface area contributed by atoms with E-state index in [-0.39, 0.29) is 30.4 Å². The average molecular weight is 535 g/mol. The van der Waals surface area contributed by atoms with E-state index in [1.165, 1.54) is 24.5 Å². The smallest absolute Gasteiger partial charge is 0.251 e. The molecule has 9 nitrogen and oxygen atoms in total. The second-order valence-corrected chi connectivity index (χ2v) is 8.42. The Hall–Kier alpha value is -4.53. The molecule has 0 aliphatic carbocycles. The normalized spacial score (nSPS) is 10.8. The number of aryl methyl sites for hydroxylation is 1. The van der Waals surface area contributed by atoms with Crippen LogP contribution < -0.4 is 20.7 Å². The summed E-state index contributed by atoms with van der Waals surface area (Å²) in [7, 11) is 0. The topological polar surface area (TPSA) is 113 Å². The van der Waals surface area contributed by atoms with E-state index in [9.17, 15) is 13.6 Å². The third-order valence-electron chi connectivity index (χ3n) is 5.93. The molecule has 0 saturated heterocycles. The van der Waals surface area contributed by atoms with Crippen molar-refractivity contribution in [1.82, 2.24) is 25.0 Å². The van der Waals surface area contributed by atoms with Gasteiger partial charge in [-0.05, 0) is 42.3 Å². The van der Waals surface area contributed by atoms with Crippen molar-refractivity contribution in [2.24, 2.45) is 0 Å². The standard InChI is InChI=1S/C28H28F2N6O3/c1-3-15-39-23-8-7-21(24(29)25(23)30)22-17-34-27-26(32-11-13-36(22)27)35-19-5-6-20(18(4-2)16-19)28(38)33-10-9-31-12-14-37/h1,5-8,11,13,16-17,31,37H,4,9-10,12,14-15H2,2H3,(H,32,35)(H,33,38). The summed E-state index contributed by atoms with van der Waals surface area (Å²) in [5, 5.41) is 17.9. The molecule has 1 amide bonds. The second kappa shape index (κ2) is 12.8. The van der Waals surface area contributed by atoms with Gasteiger partial charge in [0.05, 0.1) is 18.5 Å². The molecule has 2 aromatic carbocycles. The van der Waals surface area contributed by atoms with Gasteiger partial charge in [-0.25, -0.2) is 14.4 Å². The number of imidazole rings is 1. The molecule has 0 unspecified atom stereocenters. The minimum atomic E-state index is -1.14. The number of aliphatic hydroxyl groups excluding tert-OH is 1. The van der Waals surface area contributed by atoms with Crippen LogP contribution in [0.15, 0.2) is 48.9 Å². The second-order valence-electron chi connectivity index (χ2n) is 8.42. The van der Waals surface area contributed by atoms with Gasteiger partial charge in [0.15, 0.2) is 23.0 Å². The predicted molar refractivity (Wildman–Crippen MR) is 144 cm³/mol. The minimum Gasteiger partial charge on any atom is -0.478 e. The highest BCUT2D eigenvalue weighted by Crippen LogP contribution is 2.32. The molecule has 4 aromatic rings. The molecule has 0 spiro atoms. The van der Waals surface area contributed by atoms with Crippen LogP contribution in [-0.4, -0.2) is 58.2 Å². The van der Waals surface area contributed by atoms with Crippen molar-refractivity contribution in [3.63, 3.8) is 0 Å². The van der Waals surface area contributed by atoms with Crippen molar-refractivity contribution >= 4 is 23.1 Å². The Morgan fingerprint density at radius 2 is 2.00 bits per heavy atom. The summed E-state index contributed by atoms with van der Waals surface area (Å²) in [6, 6.07) is 8.08. The number of carbonyl (C=O) groups excluding carboxylic acids is 1. The fraction of sp³-hybridized carbons (Fsp3) is 0.250. The minimum absolute atomic E-state index is 0.000373. The average Bonchev–Trinajstić information content (AvgIpc) is 3.38. The Balaban J connectivity index is 1.56. The number of ether oxygens (including phenoxy) is 1. The number of fused-ring (bicyclic) bond motifs is 1. The zero-order valence-corrected chi connectivity index (χ0v) is 21.3. The molecule has 0 atom stereocenters. The quantitative estimate of drug-likeness (QED) is 0.163. The predicted octanol–water partition coefficient (Wildman–Crippen LogP) is 3.30. The molecular weight excluding hydrogens is 506 g/mol. The lowest BCUT2D eigenvalue weighted by molar-refractivity contribution is 0.0953. The van der Waals surface area contributed by atoms with Crippen molar-refractivity contribution in [3.05, 3.63) is 71.7 Å². The molecule has 0 aliphatic rings. The number of nitrogens with zero attached hydrogens (tertiary/aromatic N) is 3. The van der Waals surface area contributed by atoms with Gasteiger partial charge in [0.1, 0.15) is 6.61 Å². The van der Waals surface area contributed by atoms with Crippen LogP contribution in [-0.2, 0) is 6.42 Å². The SMILES string of the molecule is C#CCOc1ccc(-c2cnc3c(Nc4ccc(C(=O)NCCNCCO)c(CC)c4)nccn23)c(F)c1F. The first-order valence-corrected chi connectivity index (χ1v) is 12.3. The van der Waals surface area contributed by atoms with Crippen molar-refractivity contribution in [2.45, 2.75) is 13.3 Å². The van der Waals surface area contributed by atoms with Crippen LogP contribution in [0.1, 0.15) is 22.8 Å². The molecule has 39 heavy (non-hydrogen) atoms.